The molecule has 0 heterocycles. The van der Waals surface area contributed by atoms with Crippen LogP contribution in [0, 0.1) is 6.92 Å². The van der Waals surface area contributed by atoms with E-state index < -0.39 is 10.8 Å². The molecule has 0 bridgehead atoms. The van der Waals surface area contributed by atoms with Crippen LogP contribution in [0.4, 0.5) is 5.69 Å². The van der Waals surface area contributed by atoms with E-state index in [4.69, 9.17) is 5.73 Å². The van der Waals surface area contributed by atoms with Crippen molar-refractivity contribution in [1.29, 1.82) is 0 Å². The number of hydrogen-bond donors (Lipinski definition) is 1. The Balaban J connectivity index is 2.56. The number of amides is 1. The maximum atomic E-state index is 12.1. The first kappa shape index (κ1) is 14.7. The van der Waals surface area contributed by atoms with Gasteiger partial charge in [0, 0.05) is 36.9 Å². The van der Waals surface area contributed by atoms with Gasteiger partial charge in [-0.05, 0) is 31.0 Å². The van der Waals surface area contributed by atoms with Gasteiger partial charge in [0.05, 0.1) is 10.8 Å². The van der Waals surface area contributed by atoms with Gasteiger partial charge in [0.2, 0.25) is 5.91 Å². The number of carbonyl (C=O) groups is 1. The minimum atomic E-state index is -1.09. The lowest BCUT2D eigenvalue weighted by atomic mass is 10.2. The van der Waals surface area contributed by atoms with Crippen LogP contribution in [0.5, 0.6) is 0 Å². The smallest absolute Gasteiger partial charge is 0.222 e. The second kappa shape index (κ2) is 6.54. The molecule has 2 N–H and O–H groups in total. The van der Waals surface area contributed by atoms with Gasteiger partial charge in [0.1, 0.15) is 0 Å². The van der Waals surface area contributed by atoms with Crippen molar-refractivity contribution in [1.82, 2.24) is 4.90 Å². The van der Waals surface area contributed by atoms with Gasteiger partial charge < -0.3 is 10.6 Å². The number of benzene rings is 1. The first-order valence-corrected chi connectivity index (χ1v) is 7.19. The third kappa shape index (κ3) is 3.84. The SMILES string of the molecule is Cc1c(N)cccc1S(=O)CCCC(=O)N(C)C. The maximum Gasteiger partial charge on any atom is 0.222 e. The van der Waals surface area contributed by atoms with Crippen LogP contribution < -0.4 is 5.73 Å². The normalized spacial score (nSPS) is 12.2. The van der Waals surface area contributed by atoms with Crippen molar-refractivity contribution >= 4 is 22.4 Å². The van der Waals surface area contributed by atoms with Crippen LogP contribution >= 0.6 is 0 Å². The van der Waals surface area contributed by atoms with E-state index in [-0.39, 0.29) is 5.91 Å². The molecule has 1 amide bonds. The van der Waals surface area contributed by atoms with E-state index >= 15 is 0 Å². The summed E-state index contributed by atoms with van der Waals surface area (Å²) in [5.41, 5.74) is 7.31. The molecular weight excluding hydrogens is 248 g/mol. The van der Waals surface area contributed by atoms with Crippen molar-refractivity contribution in [2.75, 3.05) is 25.6 Å². The second-order valence-corrected chi connectivity index (χ2v) is 5.95. The number of nitrogens with zero attached hydrogens (tertiary/aromatic N) is 1. The zero-order chi connectivity index (χ0) is 13.7. The second-order valence-electron chi connectivity index (χ2n) is 4.41. The first-order chi connectivity index (χ1) is 8.43. The highest BCUT2D eigenvalue weighted by molar-refractivity contribution is 7.85. The van der Waals surface area contributed by atoms with Crippen LogP contribution in [-0.2, 0) is 15.6 Å². The number of carbonyl (C=O) groups excluding carboxylic acids is 1. The molecule has 0 aliphatic carbocycles. The van der Waals surface area contributed by atoms with Crippen molar-refractivity contribution in [3.8, 4) is 0 Å². The summed E-state index contributed by atoms with van der Waals surface area (Å²) in [6.45, 7) is 1.87. The molecule has 0 fully saturated rings. The molecule has 100 valence electrons. The van der Waals surface area contributed by atoms with Crippen LogP contribution in [0.3, 0.4) is 0 Å². The summed E-state index contributed by atoms with van der Waals surface area (Å²) in [5.74, 6) is 0.556. The Kier molecular flexibility index (Phi) is 5.34. The van der Waals surface area contributed by atoms with E-state index in [1.54, 1.807) is 31.1 Å². The third-order valence-corrected chi connectivity index (χ3v) is 4.38. The number of rotatable bonds is 5. The topological polar surface area (TPSA) is 63.4 Å². The highest BCUT2D eigenvalue weighted by Crippen LogP contribution is 2.19. The summed E-state index contributed by atoms with van der Waals surface area (Å²) >= 11 is 0. The Morgan fingerprint density at radius 3 is 2.67 bits per heavy atom. The summed E-state index contributed by atoms with van der Waals surface area (Å²) in [4.78, 5) is 13.7. The van der Waals surface area contributed by atoms with Gasteiger partial charge in [-0.1, -0.05) is 6.07 Å². The fourth-order valence-corrected chi connectivity index (χ4v) is 2.88. The molecule has 0 radical (unpaired) electrons. The predicted molar refractivity (Wildman–Crippen MR) is 74.8 cm³/mol. The number of hydrogen-bond acceptors (Lipinski definition) is 3. The van der Waals surface area contributed by atoms with Crippen LogP contribution in [0.15, 0.2) is 23.1 Å². The Hall–Kier alpha value is -1.36. The Bertz CT molecular complexity index is 458. The van der Waals surface area contributed by atoms with E-state index in [1.807, 2.05) is 13.0 Å². The monoisotopic (exact) mass is 268 g/mol. The van der Waals surface area contributed by atoms with Gasteiger partial charge in [-0.25, -0.2) is 0 Å². The van der Waals surface area contributed by atoms with Crippen molar-refractivity contribution < 1.29 is 9.00 Å². The lowest BCUT2D eigenvalue weighted by Gasteiger charge is -2.10. The molecular formula is C13H20N2O2S. The summed E-state index contributed by atoms with van der Waals surface area (Å²) in [7, 11) is 2.36. The fourth-order valence-electron chi connectivity index (χ4n) is 1.57. The Morgan fingerprint density at radius 1 is 1.39 bits per heavy atom. The molecule has 5 heteroatoms. The van der Waals surface area contributed by atoms with E-state index in [9.17, 15) is 9.00 Å². The largest absolute Gasteiger partial charge is 0.398 e. The Morgan fingerprint density at radius 2 is 2.06 bits per heavy atom. The molecule has 1 rings (SSSR count). The standard InChI is InChI=1S/C13H20N2O2S/c1-10-11(14)6-4-7-12(10)18(17)9-5-8-13(16)15(2)3/h4,6-7H,5,8-9,14H2,1-3H3. The number of nitrogens with two attached hydrogens (primary N) is 1. The van der Waals surface area contributed by atoms with Crippen LogP contribution in [0.25, 0.3) is 0 Å². The third-order valence-electron chi connectivity index (χ3n) is 2.79. The lowest BCUT2D eigenvalue weighted by Crippen LogP contribution is -2.21. The molecule has 1 atom stereocenters. The minimum absolute atomic E-state index is 0.0660. The van der Waals surface area contributed by atoms with Crippen molar-refractivity contribution in [3.05, 3.63) is 23.8 Å². The van der Waals surface area contributed by atoms with Gasteiger partial charge in [0.25, 0.3) is 0 Å². The van der Waals surface area contributed by atoms with Crippen molar-refractivity contribution in [2.24, 2.45) is 0 Å². The number of nitrogen functional groups attached to an aromatic ring is 1. The van der Waals surface area contributed by atoms with Gasteiger partial charge in [0.15, 0.2) is 0 Å². The van der Waals surface area contributed by atoms with Crippen molar-refractivity contribution in [3.63, 3.8) is 0 Å². The quantitative estimate of drug-likeness (QED) is 0.824. The van der Waals surface area contributed by atoms with E-state index in [0.29, 0.717) is 24.3 Å². The molecule has 1 aromatic rings. The number of anilines is 1. The zero-order valence-corrected chi connectivity index (χ0v) is 11.9. The van der Waals surface area contributed by atoms with E-state index in [0.717, 1.165) is 10.5 Å². The van der Waals surface area contributed by atoms with Gasteiger partial charge in [-0.15, -0.1) is 0 Å². The van der Waals surface area contributed by atoms with E-state index in [1.165, 1.54) is 0 Å². The molecule has 0 aromatic heterocycles. The molecule has 0 saturated heterocycles. The molecule has 1 aromatic carbocycles. The highest BCUT2D eigenvalue weighted by atomic mass is 32.2. The fraction of sp³-hybridized carbons (Fsp3) is 0.462. The minimum Gasteiger partial charge on any atom is -0.398 e. The molecule has 0 spiro atoms. The zero-order valence-electron chi connectivity index (χ0n) is 11.1. The first-order valence-electron chi connectivity index (χ1n) is 5.87. The molecule has 0 aliphatic heterocycles. The van der Waals surface area contributed by atoms with Crippen molar-refractivity contribution in [2.45, 2.75) is 24.7 Å². The highest BCUT2D eigenvalue weighted by Gasteiger charge is 2.10. The average Bonchev–Trinajstić information content (AvgIpc) is 2.32. The van der Waals surface area contributed by atoms with E-state index in [2.05, 4.69) is 0 Å². The van der Waals surface area contributed by atoms with Crippen LogP contribution in [0.2, 0.25) is 0 Å². The van der Waals surface area contributed by atoms with Gasteiger partial charge in [-0.3, -0.25) is 9.00 Å². The molecule has 1 unspecified atom stereocenters. The molecule has 4 nitrogen and oxygen atoms in total. The summed E-state index contributed by atoms with van der Waals surface area (Å²) in [6.07, 6.45) is 1.05. The molecule has 18 heavy (non-hydrogen) atoms. The summed E-state index contributed by atoms with van der Waals surface area (Å²) in [5, 5.41) is 0. The van der Waals surface area contributed by atoms with Crippen LogP contribution in [0.1, 0.15) is 18.4 Å². The van der Waals surface area contributed by atoms with Gasteiger partial charge in [-0.2, -0.15) is 0 Å². The lowest BCUT2D eigenvalue weighted by molar-refractivity contribution is -0.128. The predicted octanol–water partition coefficient (Wildman–Crippen LogP) is 1.55. The van der Waals surface area contributed by atoms with Gasteiger partial charge >= 0.3 is 0 Å². The summed E-state index contributed by atoms with van der Waals surface area (Å²) in [6, 6.07) is 5.43. The van der Waals surface area contributed by atoms with Crippen LogP contribution in [-0.4, -0.2) is 34.9 Å². The average molecular weight is 268 g/mol. The molecule has 0 saturated carbocycles. The summed E-state index contributed by atoms with van der Waals surface area (Å²) < 4.78 is 12.1. The Labute approximate surface area is 111 Å². The maximum absolute atomic E-state index is 12.1. The molecule has 0 aliphatic rings.